The van der Waals surface area contributed by atoms with E-state index < -0.39 is 0 Å². The molecule has 2 N–H and O–H groups in total. The van der Waals surface area contributed by atoms with Crippen LogP contribution in [0.4, 0.5) is 0 Å². The molecule has 96 valence electrons. The van der Waals surface area contributed by atoms with Crippen molar-refractivity contribution < 1.29 is 9.47 Å². The Morgan fingerprint density at radius 1 is 1.22 bits per heavy atom. The average molecular weight is 246 g/mol. The highest BCUT2D eigenvalue weighted by Gasteiger charge is 2.10. The summed E-state index contributed by atoms with van der Waals surface area (Å²) in [7, 11) is 1.65. The number of hydrogen-bond donors (Lipinski definition) is 1. The van der Waals surface area contributed by atoms with Gasteiger partial charge in [-0.2, -0.15) is 0 Å². The highest BCUT2D eigenvalue weighted by molar-refractivity contribution is 5.81. The fraction of sp³-hybridized carbons (Fsp3) is 0.357. The summed E-state index contributed by atoms with van der Waals surface area (Å²) in [6.45, 7) is 1.61. The monoisotopic (exact) mass is 246 g/mol. The summed E-state index contributed by atoms with van der Waals surface area (Å²) in [5.74, 6) is 0. The number of rotatable bonds is 6. The van der Waals surface area contributed by atoms with Crippen LogP contribution in [-0.2, 0) is 9.47 Å². The summed E-state index contributed by atoms with van der Waals surface area (Å²) in [5, 5.41) is 1.10. The molecule has 1 heterocycles. The van der Waals surface area contributed by atoms with E-state index in [2.05, 4.69) is 4.98 Å². The number of benzene rings is 1. The number of methoxy groups -OCH3 is 1. The van der Waals surface area contributed by atoms with Crippen molar-refractivity contribution in [2.24, 2.45) is 5.73 Å². The Bertz CT molecular complexity index is 497. The Kier molecular flexibility index (Phi) is 4.64. The Labute approximate surface area is 107 Å². The van der Waals surface area contributed by atoms with Gasteiger partial charge >= 0.3 is 0 Å². The van der Waals surface area contributed by atoms with Gasteiger partial charge in [-0.25, -0.2) is 0 Å². The van der Waals surface area contributed by atoms with E-state index in [0.29, 0.717) is 19.8 Å². The summed E-state index contributed by atoms with van der Waals surface area (Å²) in [6.07, 6.45) is 1.78. The zero-order valence-electron chi connectivity index (χ0n) is 10.5. The molecule has 1 atom stereocenters. The molecule has 0 radical (unpaired) electrons. The molecule has 2 rings (SSSR count). The lowest BCUT2D eigenvalue weighted by Crippen LogP contribution is -2.19. The Morgan fingerprint density at radius 2 is 2.06 bits per heavy atom. The molecule has 1 aromatic carbocycles. The van der Waals surface area contributed by atoms with Crippen LogP contribution in [0.2, 0.25) is 0 Å². The lowest BCUT2D eigenvalue weighted by molar-refractivity contribution is 0.0637. The number of nitrogens with zero attached hydrogens (tertiary/aromatic N) is 1. The van der Waals surface area contributed by atoms with Crippen LogP contribution in [0.25, 0.3) is 10.9 Å². The van der Waals surface area contributed by atoms with Gasteiger partial charge in [0.15, 0.2) is 0 Å². The molecule has 0 aliphatic heterocycles. The first-order valence-electron chi connectivity index (χ1n) is 5.99. The minimum atomic E-state index is -0.166. The van der Waals surface area contributed by atoms with Gasteiger partial charge in [0.1, 0.15) is 0 Å². The van der Waals surface area contributed by atoms with Crippen LogP contribution in [0.5, 0.6) is 0 Å². The summed E-state index contributed by atoms with van der Waals surface area (Å²) in [5.41, 5.74) is 8.10. The highest BCUT2D eigenvalue weighted by Crippen LogP contribution is 2.21. The molecule has 0 aliphatic carbocycles. The normalized spacial score (nSPS) is 12.8. The molecule has 0 spiro atoms. The lowest BCUT2D eigenvalue weighted by atomic mass is 10.0. The molecule has 1 aromatic heterocycles. The largest absolute Gasteiger partial charge is 0.382 e. The van der Waals surface area contributed by atoms with Crippen molar-refractivity contribution in [3.63, 3.8) is 0 Å². The predicted molar refractivity (Wildman–Crippen MR) is 71.4 cm³/mol. The first kappa shape index (κ1) is 13.0. The second-order valence-corrected chi connectivity index (χ2v) is 4.10. The molecular formula is C14H18N2O2. The minimum absolute atomic E-state index is 0.166. The van der Waals surface area contributed by atoms with Crippen molar-refractivity contribution in [2.75, 3.05) is 26.9 Å². The fourth-order valence-corrected chi connectivity index (χ4v) is 1.87. The Balaban J connectivity index is 2.10. The molecule has 4 nitrogen and oxygen atoms in total. The van der Waals surface area contributed by atoms with Crippen molar-refractivity contribution in [1.29, 1.82) is 0 Å². The molecule has 18 heavy (non-hydrogen) atoms. The van der Waals surface area contributed by atoms with Crippen molar-refractivity contribution in [2.45, 2.75) is 6.04 Å². The van der Waals surface area contributed by atoms with Gasteiger partial charge in [0.2, 0.25) is 0 Å². The van der Waals surface area contributed by atoms with E-state index in [4.69, 9.17) is 15.2 Å². The van der Waals surface area contributed by atoms with Crippen LogP contribution >= 0.6 is 0 Å². The molecule has 0 fully saturated rings. The standard InChI is InChI=1S/C14H18N2O2/c1-17-8-9-18-10-13(15)12-6-2-4-11-5-3-7-16-14(11)12/h2-7,13H,8-10,15H2,1H3. The second kappa shape index (κ2) is 6.44. The third-order valence-corrected chi connectivity index (χ3v) is 2.79. The predicted octanol–water partition coefficient (Wildman–Crippen LogP) is 1.90. The van der Waals surface area contributed by atoms with Gasteiger partial charge in [-0.1, -0.05) is 24.3 Å². The van der Waals surface area contributed by atoms with Crippen LogP contribution in [-0.4, -0.2) is 31.9 Å². The van der Waals surface area contributed by atoms with E-state index >= 15 is 0 Å². The van der Waals surface area contributed by atoms with Crippen LogP contribution < -0.4 is 5.73 Å². The maximum absolute atomic E-state index is 6.14. The van der Waals surface area contributed by atoms with Gasteiger partial charge in [-0.05, 0) is 11.6 Å². The topological polar surface area (TPSA) is 57.4 Å². The smallest absolute Gasteiger partial charge is 0.0750 e. The molecule has 0 amide bonds. The number of fused-ring (bicyclic) bond motifs is 1. The van der Waals surface area contributed by atoms with Gasteiger partial charge in [-0.3, -0.25) is 4.98 Å². The van der Waals surface area contributed by atoms with Crippen LogP contribution in [0.1, 0.15) is 11.6 Å². The van der Waals surface area contributed by atoms with Gasteiger partial charge < -0.3 is 15.2 Å². The molecule has 1 unspecified atom stereocenters. The lowest BCUT2D eigenvalue weighted by Gasteiger charge is -2.14. The Morgan fingerprint density at radius 3 is 2.89 bits per heavy atom. The molecule has 0 bridgehead atoms. The summed E-state index contributed by atoms with van der Waals surface area (Å²) in [6, 6.07) is 9.82. The average Bonchev–Trinajstić information content (AvgIpc) is 2.43. The van der Waals surface area contributed by atoms with Crippen molar-refractivity contribution in [3.05, 3.63) is 42.1 Å². The number of pyridine rings is 1. The molecule has 0 aliphatic rings. The van der Waals surface area contributed by atoms with Crippen LogP contribution in [0.15, 0.2) is 36.5 Å². The number of ether oxygens (including phenoxy) is 2. The summed E-state index contributed by atoms with van der Waals surface area (Å²) in [4.78, 5) is 4.39. The van der Waals surface area contributed by atoms with Gasteiger partial charge in [0, 0.05) is 18.7 Å². The van der Waals surface area contributed by atoms with E-state index in [1.165, 1.54) is 0 Å². The fourth-order valence-electron chi connectivity index (χ4n) is 1.87. The quantitative estimate of drug-likeness (QED) is 0.791. The zero-order valence-corrected chi connectivity index (χ0v) is 10.5. The third-order valence-electron chi connectivity index (χ3n) is 2.79. The minimum Gasteiger partial charge on any atom is -0.382 e. The molecule has 2 aromatic rings. The molecule has 0 saturated heterocycles. The maximum atomic E-state index is 6.14. The SMILES string of the molecule is COCCOCC(N)c1cccc2cccnc12. The summed E-state index contributed by atoms with van der Waals surface area (Å²) < 4.78 is 10.4. The van der Waals surface area contributed by atoms with Gasteiger partial charge in [0.25, 0.3) is 0 Å². The summed E-state index contributed by atoms with van der Waals surface area (Å²) >= 11 is 0. The van der Waals surface area contributed by atoms with Crippen molar-refractivity contribution in [1.82, 2.24) is 4.98 Å². The van der Waals surface area contributed by atoms with E-state index in [0.717, 1.165) is 16.5 Å². The van der Waals surface area contributed by atoms with Crippen LogP contribution in [0, 0.1) is 0 Å². The van der Waals surface area contributed by atoms with E-state index in [-0.39, 0.29) is 6.04 Å². The first-order valence-corrected chi connectivity index (χ1v) is 5.99. The highest BCUT2D eigenvalue weighted by atomic mass is 16.5. The van der Waals surface area contributed by atoms with E-state index in [1.54, 1.807) is 13.3 Å². The van der Waals surface area contributed by atoms with Crippen LogP contribution in [0.3, 0.4) is 0 Å². The Hall–Kier alpha value is -1.49. The number of nitrogens with two attached hydrogens (primary N) is 1. The second-order valence-electron chi connectivity index (χ2n) is 4.10. The third kappa shape index (κ3) is 3.04. The maximum Gasteiger partial charge on any atom is 0.0750 e. The van der Waals surface area contributed by atoms with E-state index in [9.17, 15) is 0 Å². The first-order chi connectivity index (χ1) is 8.83. The number of para-hydroxylation sites is 1. The van der Waals surface area contributed by atoms with Crippen molar-refractivity contribution in [3.8, 4) is 0 Å². The number of aromatic nitrogens is 1. The molecule has 4 heteroatoms. The van der Waals surface area contributed by atoms with E-state index in [1.807, 2.05) is 30.3 Å². The molecular weight excluding hydrogens is 228 g/mol. The number of hydrogen-bond acceptors (Lipinski definition) is 4. The molecule has 0 saturated carbocycles. The zero-order chi connectivity index (χ0) is 12.8. The van der Waals surface area contributed by atoms with Gasteiger partial charge in [-0.15, -0.1) is 0 Å². The van der Waals surface area contributed by atoms with Crippen molar-refractivity contribution >= 4 is 10.9 Å². The van der Waals surface area contributed by atoms with Gasteiger partial charge in [0.05, 0.1) is 31.4 Å².